The lowest BCUT2D eigenvalue weighted by molar-refractivity contribution is -0.123. The first kappa shape index (κ1) is 12.5. The van der Waals surface area contributed by atoms with Gasteiger partial charge in [-0.15, -0.1) is 11.3 Å². The molecule has 1 fully saturated rings. The summed E-state index contributed by atoms with van der Waals surface area (Å²) >= 11 is 1.52. The minimum atomic E-state index is 0.0592. The molecule has 0 saturated heterocycles. The molecule has 5 heteroatoms. The Hall–Kier alpha value is -0.940. The molecule has 1 N–H and O–H groups in total. The van der Waals surface area contributed by atoms with Crippen LogP contribution in [0.5, 0.6) is 0 Å². The van der Waals surface area contributed by atoms with Crippen LogP contribution in [0.2, 0.25) is 0 Å². The van der Waals surface area contributed by atoms with E-state index in [1.807, 2.05) is 19.2 Å². The summed E-state index contributed by atoms with van der Waals surface area (Å²) < 4.78 is 5.64. The fourth-order valence-electron chi connectivity index (χ4n) is 1.95. The molecule has 0 aliphatic heterocycles. The van der Waals surface area contributed by atoms with Gasteiger partial charge in [0.2, 0.25) is 5.91 Å². The molecule has 4 nitrogen and oxygen atoms in total. The Labute approximate surface area is 105 Å². The van der Waals surface area contributed by atoms with E-state index in [1.54, 1.807) is 5.51 Å². The van der Waals surface area contributed by atoms with E-state index in [2.05, 4.69) is 10.3 Å². The van der Waals surface area contributed by atoms with Crippen molar-refractivity contribution in [2.75, 3.05) is 0 Å². The Morgan fingerprint density at radius 2 is 2.41 bits per heavy atom. The SMILES string of the molecule is CC(C)OC1CC(NC(=O)Cc2cscn2)C1. The average molecular weight is 254 g/mol. The summed E-state index contributed by atoms with van der Waals surface area (Å²) in [5, 5.41) is 4.91. The first-order chi connectivity index (χ1) is 8.13. The van der Waals surface area contributed by atoms with E-state index in [9.17, 15) is 4.79 Å². The van der Waals surface area contributed by atoms with E-state index in [1.165, 1.54) is 11.3 Å². The maximum Gasteiger partial charge on any atom is 0.226 e. The molecule has 17 heavy (non-hydrogen) atoms. The number of ether oxygens (including phenoxy) is 1. The monoisotopic (exact) mass is 254 g/mol. The molecular formula is C12H18N2O2S. The highest BCUT2D eigenvalue weighted by Crippen LogP contribution is 2.24. The van der Waals surface area contributed by atoms with Crippen LogP contribution in [-0.4, -0.2) is 29.1 Å². The second-order valence-corrected chi connectivity index (χ2v) is 5.42. The van der Waals surface area contributed by atoms with Gasteiger partial charge in [-0.1, -0.05) is 0 Å². The predicted octanol–water partition coefficient (Wildman–Crippen LogP) is 1.76. The predicted molar refractivity (Wildman–Crippen MR) is 67.0 cm³/mol. The van der Waals surface area contributed by atoms with E-state index in [0.717, 1.165) is 18.5 Å². The molecule has 0 spiro atoms. The maximum atomic E-state index is 11.7. The van der Waals surface area contributed by atoms with Crippen LogP contribution >= 0.6 is 11.3 Å². The van der Waals surface area contributed by atoms with Gasteiger partial charge in [0.25, 0.3) is 0 Å². The molecule has 1 amide bonds. The Morgan fingerprint density at radius 1 is 1.65 bits per heavy atom. The van der Waals surface area contributed by atoms with Crippen LogP contribution in [0, 0.1) is 0 Å². The molecule has 1 heterocycles. The van der Waals surface area contributed by atoms with Gasteiger partial charge in [-0.2, -0.15) is 0 Å². The first-order valence-electron chi connectivity index (χ1n) is 5.95. The molecular weight excluding hydrogens is 236 g/mol. The number of rotatable bonds is 5. The minimum Gasteiger partial charge on any atom is -0.375 e. The van der Waals surface area contributed by atoms with E-state index < -0.39 is 0 Å². The highest BCUT2D eigenvalue weighted by Gasteiger charge is 2.31. The van der Waals surface area contributed by atoms with E-state index in [-0.39, 0.29) is 18.1 Å². The smallest absolute Gasteiger partial charge is 0.226 e. The lowest BCUT2D eigenvalue weighted by atomic mass is 9.89. The zero-order valence-electron chi connectivity index (χ0n) is 10.2. The van der Waals surface area contributed by atoms with Crippen LogP contribution in [0.3, 0.4) is 0 Å². The number of nitrogens with zero attached hydrogens (tertiary/aromatic N) is 1. The molecule has 0 unspecified atom stereocenters. The van der Waals surface area contributed by atoms with Gasteiger partial charge in [-0.3, -0.25) is 4.79 Å². The van der Waals surface area contributed by atoms with Crippen LogP contribution in [0.1, 0.15) is 32.4 Å². The standard InChI is InChI=1S/C12H18N2O2S/c1-8(2)16-11-3-9(4-11)14-12(15)5-10-6-17-7-13-10/h6-9,11H,3-5H2,1-2H3,(H,14,15). The highest BCUT2D eigenvalue weighted by atomic mass is 32.1. The summed E-state index contributed by atoms with van der Waals surface area (Å²) in [6.07, 6.45) is 2.84. The molecule has 0 radical (unpaired) electrons. The molecule has 0 aromatic carbocycles. The van der Waals surface area contributed by atoms with Gasteiger partial charge in [0.1, 0.15) is 0 Å². The number of amides is 1. The van der Waals surface area contributed by atoms with Crippen molar-refractivity contribution in [1.29, 1.82) is 0 Å². The van der Waals surface area contributed by atoms with Gasteiger partial charge in [0.05, 0.1) is 29.8 Å². The van der Waals surface area contributed by atoms with Gasteiger partial charge >= 0.3 is 0 Å². The van der Waals surface area contributed by atoms with Crippen molar-refractivity contribution in [3.05, 3.63) is 16.6 Å². The lowest BCUT2D eigenvalue weighted by Crippen LogP contribution is -2.48. The fraction of sp³-hybridized carbons (Fsp3) is 0.667. The fourth-order valence-corrected chi connectivity index (χ4v) is 2.51. The van der Waals surface area contributed by atoms with Crippen molar-refractivity contribution >= 4 is 17.2 Å². The van der Waals surface area contributed by atoms with E-state index >= 15 is 0 Å². The first-order valence-corrected chi connectivity index (χ1v) is 6.89. The number of hydrogen-bond acceptors (Lipinski definition) is 4. The van der Waals surface area contributed by atoms with Gasteiger partial charge in [-0.25, -0.2) is 4.98 Å². The molecule has 0 atom stereocenters. The van der Waals surface area contributed by atoms with Gasteiger partial charge in [0, 0.05) is 11.4 Å². The van der Waals surface area contributed by atoms with Crippen LogP contribution in [0.15, 0.2) is 10.9 Å². The lowest BCUT2D eigenvalue weighted by Gasteiger charge is -2.36. The number of aromatic nitrogens is 1. The number of carbonyl (C=O) groups excluding carboxylic acids is 1. The molecule has 1 aliphatic rings. The number of nitrogens with one attached hydrogen (secondary N) is 1. The zero-order chi connectivity index (χ0) is 12.3. The third-order valence-corrected chi connectivity index (χ3v) is 3.38. The summed E-state index contributed by atoms with van der Waals surface area (Å²) in [5.41, 5.74) is 2.60. The van der Waals surface area contributed by atoms with Crippen LogP contribution in [-0.2, 0) is 16.0 Å². The molecule has 94 valence electrons. The van der Waals surface area contributed by atoms with Gasteiger partial charge in [-0.05, 0) is 26.7 Å². The third-order valence-electron chi connectivity index (χ3n) is 2.75. The van der Waals surface area contributed by atoms with Crippen LogP contribution in [0.25, 0.3) is 0 Å². The summed E-state index contributed by atoms with van der Waals surface area (Å²) in [6, 6.07) is 0.282. The van der Waals surface area contributed by atoms with Crippen molar-refractivity contribution in [3.63, 3.8) is 0 Å². The van der Waals surface area contributed by atoms with E-state index in [0.29, 0.717) is 12.5 Å². The summed E-state index contributed by atoms with van der Waals surface area (Å²) in [6.45, 7) is 4.07. The van der Waals surface area contributed by atoms with Crippen molar-refractivity contribution in [2.24, 2.45) is 0 Å². The Bertz CT molecular complexity index is 359. The van der Waals surface area contributed by atoms with Crippen molar-refractivity contribution in [1.82, 2.24) is 10.3 Å². The Kier molecular flexibility index (Phi) is 4.12. The highest BCUT2D eigenvalue weighted by molar-refractivity contribution is 7.07. The molecule has 1 aliphatic carbocycles. The van der Waals surface area contributed by atoms with Gasteiger partial charge in [0.15, 0.2) is 0 Å². The van der Waals surface area contributed by atoms with Crippen LogP contribution in [0.4, 0.5) is 0 Å². The molecule has 1 aromatic heterocycles. The normalized spacial score (nSPS) is 23.5. The van der Waals surface area contributed by atoms with Gasteiger partial charge < -0.3 is 10.1 Å². The molecule has 2 rings (SSSR count). The number of hydrogen-bond donors (Lipinski definition) is 1. The molecule has 0 bridgehead atoms. The second kappa shape index (κ2) is 5.60. The number of thiazole rings is 1. The second-order valence-electron chi connectivity index (χ2n) is 4.70. The Morgan fingerprint density at radius 3 is 3.00 bits per heavy atom. The maximum absolute atomic E-state index is 11.7. The third kappa shape index (κ3) is 3.78. The molecule has 1 saturated carbocycles. The quantitative estimate of drug-likeness (QED) is 0.871. The zero-order valence-corrected chi connectivity index (χ0v) is 11.0. The summed E-state index contributed by atoms with van der Waals surface area (Å²) in [4.78, 5) is 15.7. The van der Waals surface area contributed by atoms with E-state index in [4.69, 9.17) is 4.74 Å². The number of carbonyl (C=O) groups is 1. The summed E-state index contributed by atoms with van der Waals surface area (Å²) in [5.74, 6) is 0.0592. The topological polar surface area (TPSA) is 51.2 Å². The Balaban J connectivity index is 1.65. The largest absolute Gasteiger partial charge is 0.375 e. The minimum absolute atomic E-state index is 0.0592. The summed E-state index contributed by atoms with van der Waals surface area (Å²) in [7, 11) is 0. The molecule has 1 aromatic rings. The van der Waals surface area contributed by atoms with Crippen molar-refractivity contribution in [2.45, 2.75) is 51.4 Å². The van der Waals surface area contributed by atoms with Crippen molar-refractivity contribution in [3.8, 4) is 0 Å². The average Bonchev–Trinajstić information content (AvgIpc) is 2.66. The van der Waals surface area contributed by atoms with Crippen molar-refractivity contribution < 1.29 is 9.53 Å². The van der Waals surface area contributed by atoms with Crippen LogP contribution < -0.4 is 5.32 Å².